The molecule has 0 spiro atoms. The van der Waals surface area contributed by atoms with E-state index in [4.69, 9.17) is 13.7 Å². The standard InChI is InChI=1S/C25H29NO6S2/c1-5-30-18-8-6-16(7-9-18)23-26-20-11-10-19(15-21(20)33-23)34(28,29)32-24(27)17-12-13-31-22(14-17)25(2,3)4/h6-11,15,17,22H,5,12-14H2,1-4H3. The largest absolute Gasteiger partial charge is 0.494 e. The van der Waals surface area contributed by atoms with Crippen LogP contribution in [0.25, 0.3) is 20.8 Å². The van der Waals surface area contributed by atoms with Crippen molar-refractivity contribution in [3.05, 3.63) is 42.5 Å². The maximum absolute atomic E-state index is 12.9. The van der Waals surface area contributed by atoms with Crippen LogP contribution >= 0.6 is 11.3 Å². The van der Waals surface area contributed by atoms with Crippen LogP contribution in [-0.2, 0) is 23.8 Å². The number of carbonyl (C=O) groups is 1. The van der Waals surface area contributed by atoms with E-state index in [0.29, 0.717) is 36.3 Å². The number of fused-ring (bicyclic) bond motifs is 1. The number of ether oxygens (including phenoxy) is 2. The number of carbonyl (C=O) groups excluding carboxylic acids is 1. The third-order valence-electron chi connectivity index (χ3n) is 5.84. The molecule has 0 bridgehead atoms. The van der Waals surface area contributed by atoms with Crippen molar-refractivity contribution in [2.24, 2.45) is 11.3 Å². The van der Waals surface area contributed by atoms with Gasteiger partial charge in [-0.3, -0.25) is 4.79 Å². The number of benzene rings is 2. The highest BCUT2D eigenvalue weighted by Crippen LogP contribution is 2.35. The second-order valence-corrected chi connectivity index (χ2v) is 12.0. The van der Waals surface area contributed by atoms with Crippen LogP contribution in [0, 0.1) is 11.3 Å². The maximum atomic E-state index is 12.9. The predicted molar refractivity (Wildman–Crippen MR) is 131 cm³/mol. The van der Waals surface area contributed by atoms with E-state index in [1.807, 2.05) is 52.0 Å². The van der Waals surface area contributed by atoms with E-state index >= 15 is 0 Å². The second-order valence-electron chi connectivity index (χ2n) is 9.41. The summed E-state index contributed by atoms with van der Waals surface area (Å²) in [5.41, 5.74) is 1.45. The first-order chi connectivity index (χ1) is 16.1. The van der Waals surface area contributed by atoms with Gasteiger partial charge in [0.15, 0.2) is 0 Å². The Morgan fingerprint density at radius 2 is 1.91 bits per heavy atom. The Bertz CT molecular complexity index is 1270. The molecule has 1 aliphatic rings. The van der Waals surface area contributed by atoms with Crippen molar-refractivity contribution < 1.29 is 26.9 Å². The zero-order chi connectivity index (χ0) is 24.5. The number of aromatic nitrogens is 1. The predicted octanol–water partition coefficient (Wildman–Crippen LogP) is 5.44. The number of thiazole rings is 1. The molecule has 7 nitrogen and oxygen atoms in total. The lowest BCUT2D eigenvalue weighted by molar-refractivity contribution is -0.146. The van der Waals surface area contributed by atoms with Crippen molar-refractivity contribution in [2.75, 3.05) is 13.2 Å². The van der Waals surface area contributed by atoms with Crippen LogP contribution in [0.4, 0.5) is 0 Å². The Balaban J connectivity index is 1.51. The summed E-state index contributed by atoms with van der Waals surface area (Å²) in [5.74, 6) is -0.455. The normalized spacial score (nSPS) is 19.2. The minimum Gasteiger partial charge on any atom is -0.494 e. The first-order valence-corrected chi connectivity index (χ1v) is 13.5. The molecule has 0 saturated carbocycles. The molecule has 2 aromatic carbocycles. The van der Waals surface area contributed by atoms with Crippen molar-refractivity contribution in [1.82, 2.24) is 4.98 Å². The Morgan fingerprint density at radius 3 is 2.59 bits per heavy atom. The van der Waals surface area contributed by atoms with Crippen LogP contribution in [-0.4, -0.2) is 38.7 Å². The van der Waals surface area contributed by atoms with Crippen molar-refractivity contribution in [3.8, 4) is 16.3 Å². The zero-order valence-corrected chi connectivity index (χ0v) is 21.4. The molecule has 1 aromatic heterocycles. The first kappa shape index (κ1) is 24.6. The molecular formula is C25H29NO6S2. The van der Waals surface area contributed by atoms with E-state index in [2.05, 4.69) is 4.98 Å². The Labute approximate surface area is 204 Å². The van der Waals surface area contributed by atoms with E-state index in [0.717, 1.165) is 16.3 Å². The van der Waals surface area contributed by atoms with Gasteiger partial charge >= 0.3 is 16.1 Å². The average molecular weight is 504 g/mol. The van der Waals surface area contributed by atoms with Crippen molar-refractivity contribution in [3.63, 3.8) is 0 Å². The number of nitrogens with zero attached hydrogens (tertiary/aromatic N) is 1. The second kappa shape index (κ2) is 9.64. The van der Waals surface area contributed by atoms with Gasteiger partial charge in [-0.05, 0) is 67.6 Å². The van der Waals surface area contributed by atoms with Crippen LogP contribution in [0.5, 0.6) is 5.75 Å². The molecule has 34 heavy (non-hydrogen) atoms. The van der Waals surface area contributed by atoms with E-state index in [-0.39, 0.29) is 16.4 Å². The van der Waals surface area contributed by atoms with Crippen molar-refractivity contribution >= 4 is 37.6 Å². The molecule has 9 heteroatoms. The quantitative estimate of drug-likeness (QED) is 0.414. The number of hydrogen-bond acceptors (Lipinski definition) is 8. The van der Waals surface area contributed by atoms with Gasteiger partial charge in [-0.1, -0.05) is 20.8 Å². The minimum atomic E-state index is -4.25. The SMILES string of the molecule is CCOc1ccc(-c2nc3ccc(S(=O)(=O)OC(=O)C4CCOC(C(C)(C)C)C4)cc3s2)cc1. The van der Waals surface area contributed by atoms with Crippen molar-refractivity contribution in [2.45, 2.75) is 51.5 Å². The van der Waals surface area contributed by atoms with Gasteiger partial charge < -0.3 is 13.7 Å². The molecule has 1 aliphatic heterocycles. The molecule has 2 unspecified atom stereocenters. The third-order valence-corrected chi connectivity index (χ3v) is 8.12. The number of rotatable bonds is 6. The van der Waals surface area contributed by atoms with Crippen molar-refractivity contribution in [1.29, 1.82) is 0 Å². The van der Waals surface area contributed by atoms with E-state index in [9.17, 15) is 13.2 Å². The van der Waals surface area contributed by atoms with E-state index in [1.165, 1.54) is 23.5 Å². The molecular weight excluding hydrogens is 474 g/mol. The summed E-state index contributed by atoms with van der Waals surface area (Å²) in [6.45, 7) is 9.03. The third kappa shape index (κ3) is 5.42. The lowest BCUT2D eigenvalue weighted by Crippen LogP contribution is -2.39. The molecule has 3 aromatic rings. The summed E-state index contributed by atoms with van der Waals surface area (Å²) >= 11 is 1.38. The molecule has 2 heterocycles. The Kier molecular flexibility index (Phi) is 6.98. The molecule has 182 valence electrons. The molecule has 0 amide bonds. The summed E-state index contributed by atoms with van der Waals surface area (Å²) in [4.78, 5) is 17.3. The van der Waals surface area contributed by atoms with Gasteiger partial charge in [-0.15, -0.1) is 11.3 Å². The molecule has 4 rings (SSSR count). The van der Waals surface area contributed by atoms with Crippen LogP contribution in [0.1, 0.15) is 40.5 Å². The minimum absolute atomic E-state index is 0.0605. The lowest BCUT2D eigenvalue weighted by atomic mass is 9.81. The van der Waals surface area contributed by atoms with Gasteiger partial charge in [-0.2, -0.15) is 8.42 Å². The molecule has 2 atom stereocenters. The molecule has 0 aliphatic carbocycles. The highest BCUT2D eigenvalue weighted by molar-refractivity contribution is 7.87. The van der Waals surface area contributed by atoms with E-state index in [1.54, 1.807) is 6.07 Å². The van der Waals surface area contributed by atoms with Crippen LogP contribution in [0.15, 0.2) is 47.4 Å². The smallest absolute Gasteiger partial charge is 0.341 e. The Morgan fingerprint density at radius 1 is 1.18 bits per heavy atom. The fourth-order valence-electron chi connectivity index (χ4n) is 3.88. The van der Waals surface area contributed by atoms with E-state index < -0.39 is 22.0 Å². The molecule has 0 N–H and O–H groups in total. The van der Waals surface area contributed by atoms with Gasteiger partial charge in [0.1, 0.15) is 15.7 Å². The van der Waals surface area contributed by atoms with Gasteiger partial charge in [0.25, 0.3) is 0 Å². The van der Waals surface area contributed by atoms with Crippen LogP contribution < -0.4 is 4.74 Å². The van der Waals surface area contributed by atoms with Crippen LogP contribution in [0.2, 0.25) is 0 Å². The fraction of sp³-hybridized carbons (Fsp3) is 0.440. The summed E-state index contributed by atoms with van der Waals surface area (Å²) in [6, 6.07) is 12.2. The summed E-state index contributed by atoms with van der Waals surface area (Å²) < 4.78 is 42.7. The highest BCUT2D eigenvalue weighted by atomic mass is 32.2. The maximum Gasteiger partial charge on any atom is 0.341 e. The summed E-state index contributed by atoms with van der Waals surface area (Å²) in [7, 11) is -4.25. The van der Waals surface area contributed by atoms with Gasteiger partial charge in [-0.25, -0.2) is 4.98 Å². The first-order valence-electron chi connectivity index (χ1n) is 11.3. The van der Waals surface area contributed by atoms with Crippen LogP contribution in [0.3, 0.4) is 0 Å². The van der Waals surface area contributed by atoms with Gasteiger partial charge in [0, 0.05) is 12.2 Å². The topological polar surface area (TPSA) is 91.8 Å². The highest BCUT2D eigenvalue weighted by Gasteiger charge is 2.37. The van der Waals surface area contributed by atoms with Gasteiger partial charge in [0.2, 0.25) is 0 Å². The Hall–Kier alpha value is -2.49. The fourth-order valence-corrected chi connectivity index (χ4v) is 5.91. The zero-order valence-electron chi connectivity index (χ0n) is 19.7. The molecule has 0 radical (unpaired) electrons. The lowest BCUT2D eigenvalue weighted by Gasteiger charge is -2.36. The van der Waals surface area contributed by atoms with Gasteiger partial charge in [0.05, 0.1) is 28.8 Å². The molecule has 1 saturated heterocycles. The average Bonchev–Trinajstić information content (AvgIpc) is 3.22. The summed E-state index contributed by atoms with van der Waals surface area (Å²) in [5, 5.41) is 0.764. The number of hydrogen-bond donors (Lipinski definition) is 0. The molecule has 1 fully saturated rings. The monoisotopic (exact) mass is 503 g/mol. The summed E-state index contributed by atoms with van der Waals surface area (Å²) in [6.07, 6.45) is 0.758.